The number of carbonyl (C=O) groups is 1. The molecule has 9 heteroatoms. The summed E-state index contributed by atoms with van der Waals surface area (Å²) in [6, 6.07) is 5.92. The van der Waals surface area contributed by atoms with Crippen molar-refractivity contribution in [2.45, 2.75) is 12.5 Å². The Hall–Kier alpha value is -3.75. The van der Waals surface area contributed by atoms with Crippen LogP contribution in [0.25, 0.3) is 10.8 Å². The lowest BCUT2D eigenvalue weighted by atomic mass is 10.1. The van der Waals surface area contributed by atoms with Gasteiger partial charge in [-0.05, 0) is 30.7 Å². The lowest BCUT2D eigenvalue weighted by Gasteiger charge is -2.19. The van der Waals surface area contributed by atoms with Crippen LogP contribution in [0.15, 0.2) is 49.4 Å². The first-order valence-corrected chi connectivity index (χ1v) is 9.36. The Morgan fingerprint density at radius 3 is 2.83 bits per heavy atom. The van der Waals surface area contributed by atoms with Crippen LogP contribution in [0.1, 0.15) is 6.42 Å². The summed E-state index contributed by atoms with van der Waals surface area (Å²) in [7, 11) is 1.84. The van der Waals surface area contributed by atoms with E-state index >= 15 is 0 Å². The van der Waals surface area contributed by atoms with E-state index in [0.29, 0.717) is 11.6 Å². The Labute approximate surface area is 168 Å². The molecule has 9 nitrogen and oxygen atoms in total. The average molecular weight is 390 g/mol. The zero-order valence-electron chi connectivity index (χ0n) is 16.1. The lowest BCUT2D eigenvalue weighted by Crippen LogP contribution is -2.27. The van der Waals surface area contributed by atoms with E-state index in [2.05, 4.69) is 47.6 Å². The molecule has 1 amide bonds. The van der Waals surface area contributed by atoms with Crippen LogP contribution in [0.4, 0.5) is 23.1 Å². The predicted molar refractivity (Wildman–Crippen MR) is 114 cm³/mol. The van der Waals surface area contributed by atoms with E-state index in [9.17, 15) is 4.79 Å². The van der Waals surface area contributed by atoms with Gasteiger partial charge in [0, 0.05) is 42.6 Å². The van der Waals surface area contributed by atoms with Crippen molar-refractivity contribution in [3.8, 4) is 0 Å². The first-order valence-electron chi connectivity index (χ1n) is 9.36. The topological polar surface area (TPSA) is 108 Å². The van der Waals surface area contributed by atoms with E-state index < -0.39 is 0 Å². The fraction of sp³-hybridized carbons (Fsp3) is 0.250. The zero-order chi connectivity index (χ0) is 20.2. The van der Waals surface area contributed by atoms with Gasteiger partial charge in [0.05, 0.1) is 24.3 Å². The Morgan fingerprint density at radius 2 is 2.07 bits per heavy atom. The van der Waals surface area contributed by atoms with Crippen molar-refractivity contribution >= 4 is 39.8 Å². The van der Waals surface area contributed by atoms with Gasteiger partial charge in [-0.1, -0.05) is 6.58 Å². The van der Waals surface area contributed by atoms with E-state index in [1.807, 2.05) is 25.2 Å². The highest BCUT2D eigenvalue weighted by molar-refractivity contribution is 6.01. The summed E-state index contributed by atoms with van der Waals surface area (Å²) >= 11 is 0. The smallest absolute Gasteiger partial charge is 0.247 e. The molecule has 1 aliphatic rings. The van der Waals surface area contributed by atoms with Crippen molar-refractivity contribution < 1.29 is 4.79 Å². The highest BCUT2D eigenvalue weighted by atomic mass is 16.1. The van der Waals surface area contributed by atoms with Crippen LogP contribution in [0.5, 0.6) is 0 Å². The largest absolute Gasteiger partial charge is 0.386 e. The summed E-state index contributed by atoms with van der Waals surface area (Å²) in [5, 5.41) is 19.6. The fourth-order valence-corrected chi connectivity index (χ4v) is 3.36. The van der Waals surface area contributed by atoms with Crippen LogP contribution in [0.2, 0.25) is 0 Å². The number of anilines is 4. The van der Waals surface area contributed by atoms with Crippen molar-refractivity contribution in [2.75, 3.05) is 41.0 Å². The maximum absolute atomic E-state index is 11.5. The number of hydrogen-bond donors (Lipinski definition) is 3. The van der Waals surface area contributed by atoms with Gasteiger partial charge in [0.25, 0.3) is 0 Å². The molecule has 0 radical (unpaired) electrons. The first kappa shape index (κ1) is 18.6. The summed E-state index contributed by atoms with van der Waals surface area (Å²) in [6.45, 7) is 5.11. The Balaban J connectivity index is 1.49. The van der Waals surface area contributed by atoms with Crippen LogP contribution >= 0.6 is 0 Å². The van der Waals surface area contributed by atoms with Gasteiger partial charge in [-0.2, -0.15) is 5.10 Å². The van der Waals surface area contributed by atoms with Crippen LogP contribution in [0, 0.1) is 0 Å². The van der Waals surface area contributed by atoms with Crippen molar-refractivity contribution in [3.63, 3.8) is 0 Å². The second-order valence-corrected chi connectivity index (χ2v) is 6.78. The summed E-state index contributed by atoms with van der Waals surface area (Å²) in [5.41, 5.74) is 1.57. The maximum Gasteiger partial charge on any atom is 0.247 e. The minimum atomic E-state index is -0.245. The second kappa shape index (κ2) is 8.09. The summed E-state index contributed by atoms with van der Waals surface area (Å²) in [4.78, 5) is 22.4. The maximum atomic E-state index is 11.5. The highest BCUT2D eigenvalue weighted by Gasteiger charge is 2.25. The molecular formula is C20H22N8O. The van der Waals surface area contributed by atoms with Gasteiger partial charge in [0.2, 0.25) is 11.9 Å². The van der Waals surface area contributed by atoms with E-state index in [4.69, 9.17) is 0 Å². The molecule has 2 aromatic heterocycles. The van der Waals surface area contributed by atoms with E-state index in [1.165, 1.54) is 6.08 Å². The quantitative estimate of drug-likeness (QED) is 0.550. The third-order valence-electron chi connectivity index (χ3n) is 4.86. The summed E-state index contributed by atoms with van der Waals surface area (Å²) in [6.07, 6.45) is 7.39. The van der Waals surface area contributed by atoms with Crippen molar-refractivity contribution in [1.29, 1.82) is 0 Å². The van der Waals surface area contributed by atoms with Crippen LogP contribution in [0.3, 0.4) is 0 Å². The Bertz CT molecular complexity index is 1040. The molecule has 4 rings (SSSR count). The average Bonchev–Trinajstić information content (AvgIpc) is 3.22. The number of rotatable bonds is 6. The van der Waals surface area contributed by atoms with E-state index in [-0.39, 0.29) is 11.9 Å². The molecule has 1 saturated heterocycles. The molecule has 3 heterocycles. The third kappa shape index (κ3) is 4.08. The molecule has 29 heavy (non-hydrogen) atoms. The minimum Gasteiger partial charge on any atom is -0.386 e. The standard InChI is InChI=1S/C20H22N8O/c1-3-18(29)25-14-4-5-17-13(8-14)9-24-27-19(17)28-7-6-15(12-28)26-20-22-10-16(21-2)11-23-20/h3-5,8-11,15,21H,1,6-7,12H2,2H3,(H,25,29)(H,22,23,26)/t15-/m1/s1. The molecule has 0 unspecified atom stereocenters. The SMILES string of the molecule is C=CC(=O)Nc1ccc2c(N3CC[C@@H](Nc4ncc(NC)cn4)C3)nncc2c1. The van der Waals surface area contributed by atoms with Gasteiger partial charge in [-0.3, -0.25) is 4.79 Å². The molecule has 148 valence electrons. The molecule has 3 N–H and O–H groups in total. The van der Waals surface area contributed by atoms with E-state index in [0.717, 1.165) is 41.8 Å². The van der Waals surface area contributed by atoms with Gasteiger partial charge in [0.15, 0.2) is 5.82 Å². The Morgan fingerprint density at radius 1 is 1.24 bits per heavy atom. The van der Waals surface area contributed by atoms with Gasteiger partial charge in [0.1, 0.15) is 0 Å². The number of carbonyl (C=O) groups excluding carboxylic acids is 1. The molecule has 0 spiro atoms. The van der Waals surface area contributed by atoms with Gasteiger partial charge in [-0.15, -0.1) is 5.10 Å². The lowest BCUT2D eigenvalue weighted by molar-refractivity contribution is -0.111. The van der Waals surface area contributed by atoms with Crippen molar-refractivity contribution in [1.82, 2.24) is 20.2 Å². The van der Waals surface area contributed by atoms with Crippen molar-refractivity contribution in [3.05, 3.63) is 49.4 Å². The van der Waals surface area contributed by atoms with Crippen LogP contribution in [-0.2, 0) is 4.79 Å². The number of fused-ring (bicyclic) bond motifs is 1. The van der Waals surface area contributed by atoms with Crippen LogP contribution in [-0.4, -0.2) is 52.3 Å². The molecule has 0 saturated carbocycles. The Kier molecular flexibility index (Phi) is 5.19. The second-order valence-electron chi connectivity index (χ2n) is 6.78. The summed E-state index contributed by atoms with van der Waals surface area (Å²) < 4.78 is 0. The monoisotopic (exact) mass is 390 g/mol. The molecule has 1 fully saturated rings. The third-order valence-corrected chi connectivity index (χ3v) is 4.86. The normalized spacial score (nSPS) is 15.9. The molecule has 1 aliphatic heterocycles. The number of aromatic nitrogens is 4. The number of nitrogens with zero attached hydrogens (tertiary/aromatic N) is 5. The molecule has 0 bridgehead atoms. The minimum absolute atomic E-state index is 0.221. The van der Waals surface area contributed by atoms with Gasteiger partial charge < -0.3 is 20.9 Å². The fourth-order valence-electron chi connectivity index (χ4n) is 3.36. The number of benzene rings is 1. The van der Waals surface area contributed by atoms with Crippen molar-refractivity contribution in [2.24, 2.45) is 0 Å². The molecular weight excluding hydrogens is 368 g/mol. The van der Waals surface area contributed by atoms with E-state index in [1.54, 1.807) is 18.6 Å². The number of amides is 1. The molecule has 0 aliphatic carbocycles. The summed E-state index contributed by atoms with van der Waals surface area (Å²) in [5.74, 6) is 1.20. The molecule has 1 aromatic carbocycles. The predicted octanol–water partition coefficient (Wildman–Crippen LogP) is 2.28. The molecule has 1 atom stereocenters. The van der Waals surface area contributed by atoms with Gasteiger partial charge >= 0.3 is 0 Å². The number of nitrogens with one attached hydrogen (secondary N) is 3. The van der Waals surface area contributed by atoms with Crippen LogP contribution < -0.4 is 20.9 Å². The number of hydrogen-bond acceptors (Lipinski definition) is 8. The highest BCUT2D eigenvalue weighted by Crippen LogP contribution is 2.29. The zero-order valence-corrected chi connectivity index (χ0v) is 16.1. The molecule has 3 aromatic rings. The van der Waals surface area contributed by atoms with Gasteiger partial charge in [-0.25, -0.2) is 9.97 Å². The first-order chi connectivity index (χ1) is 14.2.